The number of Topliss-reactive ketones (excluding diaryl/α,β-unsaturated/α-hetero) is 1. The van der Waals surface area contributed by atoms with Crippen LogP contribution in [0.1, 0.15) is 29.4 Å². The van der Waals surface area contributed by atoms with Crippen LogP contribution in [-0.2, 0) is 16.1 Å². The molecule has 0 spiro atoms. The monoisotopic (exact) mass is 364 g/mol. The first-order valence-electron chi connectivity index (χ1n) is 8.62. The summed E-state index contributed by atoms with van der Waals surface area (Å²) >= 11 is 0. The minimum Gasteiger partial charge on any atom is -0.363 e. The Morgan fingerprint density at radius 2 is 1.89 bits per heavy atom. The fourth-order valence-corrected chi connectivity index (χ4v) is 2.93. The van der Waals surface area contributed by atoms with Crippen molar-refractivity contribution in [3.8, 4) is 0 Å². The molecule has 0 fully saturated rings. The number of carbonyl (C=O) groups excluding carboxylic acids is 3. The van der Waals surface area contributed by atoms with Gasteiger partial charge in [-0.05, 0) is 28.8 Å². The number of fused-ring (bicyclic) bond motifs is 1. The van der Waals surface area contributed by atoms with Crippen LogP contribution in [0.15, 0.2) is 55.0 Å². The first-order chi connectivity index (χ1) is 13.0. The lowest BCUT2D eigenvalue weighted by atomic mass is 10.1. The average molecular weight is 364 g/mol. The largest absolute Gasteiger partial charge is 0.363 e. The van der Waals surface area contributed by atoms with Crippen LogP contribution in [0.2, 0.25) is 0 Å². The standard InChI is InChI=1S/C20H20N4O3/c1-2-16(18(25)19(21)26)23-20(27)17-10-22-12-24(17)11-13-7-8-14-5-3-4-6-15(14)9-13/h3-10,12,16H,2,11H2,1H3,(H2,21,26)(H,23,27). The summed E-state index contributed by atoms with van der Waals surface area (Å²) < 4.78 is 1.70. The molecule has 0 saturated heterocycles. The molecule has 0 aliphatic carbocycles. The van der Waals surface area contributed by atoms with Gasteiger partial charge in [-0.15, -0.1) is 0 Å². The van der Waals surface area contributed by atoms with Crippen molar-refractivity contribution >= 4 is 28.4 Å². The summed E-state index contributed by atoms with van der Waals surface area (Å²) in [5, 5.41) is 4.81. The predicted octanol–water partition coefficient (Wildman–Crippen LogP) is 1.65. The predicted molar refractivity (Wildman–Crippen MR) is 101 cm³/mol. The van der Waals surface area contributed by atoms with Gasteiger partial charge in [0, 0.05) is 6.54 Å². The summed E-state index contributed by atoms with van der Waals surface area (Å²) in [4.78, 5) is 39.4. The van der Waals surface area contributed by atoms with E-state index in [1.165, 1.54) is 6.20 Å². The molecule has 7 heteroatoms. The second kappa shape index (κ2) is 7.82. The Morgan fingerprint density at radius 1 is 1.15 bits per heavy atom. The Hall–Kier alpha value is -3.48. The molecule has 7 nitrogen and oxygen atoms in total. The molecule has 3 N–H and O–H groups in total. The molecule has 2 aromatic carbocycles. The topological polar surface area (TPSA) is 107 Å². The van der Waals surface area contributed by atoms with Gasteiger partial charge in [-0.3, -0.25) is 14.4 Å². The third-order valence-corrected chi connectivity index (χ3v) is 4.38. The number of amides is 2. The van der Waals surface area contributed by atoms with Crippen LogP contribution in [-0.4, -0.2) is 33.2 Å². The summed E-state index contributed by atoms with van der Waals surface area (Å²) in [6.07, 6.45) is 3.26. The second-order valence-electron chi connectivity index (χ2n) is 6.25. The maximum atomic E-state index is 12.5. The van der Waals surface area contributed by atoms with Crippen LogP contribution in [0.3, 0.4) is 0 Å². The number of imidazole rings is 1. The smallest absolute Gasteiger partial charge is 0.287 e. The van der Waals surface area contributed by atoms with Gasteiger partial charge in [-0.1, -0.05) is 43.3 Å². The van der Waals surface area contributed by atoms with Gasteiger partial charge in [0.1, 0.15) is 5.69 Å². The first kappa shape index (κ1) is 18.3. The molecule has 3 rings (SSSR count). The number of aromatic nitrogens is 2. The molecule has 0 aliphatic heterocycles. The maximum absolute atomic E-state index is 12.5. The van der Waals surface area contributed by atoms with Crippen LogP contribution >= 0.6 is 0 Å². The van der Waals surface area contributed by atoms with Crippen LogP contribution in [0.4, 0.5) is 0 Å². The van der Waals surface area contributed by atoms with Gasteiger partial charge in [-0.25, -0.2) is 4.98 Å². The molecule has 0 aliphatic rings. The Morgan fingerprint density at radius 3 is 2.59 bits per heavy atom. The Kier molecular flexibility index (Phi) is 5.30. The lowest BCUT2D eigenvalue weighted by Crippen LogP contribution is -2.46. The normalized spacial score (nSPS) is 11.9. The van der Waals surface area contributed by atoms with E-state index in [0.717, 1.165) is 16.3 Å². The number of benzene rings is 2. The minimum atomic E-state index is -1.06. The van der Waals surface area contributed by atoms with E-state index >= 15 is 0 Å². The molecular formula is C20H20N4O3. The van der Waals surface area contributed by atoms with Crippen LogP contribution in [0.5, 0.6) is 0 Å². The van der Waals surface area contributed by atoms with E-state index in [9.17, 15) is 14.4 Å². The summed E-state index contributed by atoms with van der Waals surface area (Å²) in [5.74, 6) is -2.35. The summed E-state index contributed by atoms with van der Waals surface area (Å²) in [7, 11) is 0. The van der Waals surface area contributed by atoms with E-state index in [4.69, 9.17) is 5.73 Å². The maximum Gasteiger partial charge on any atom is 0.287 e. The van der Waals surface area contributed by atoms with Crippen molar-refractivity contribution < 1.29 is 14.4 Å². The molecule has 3 aromatic rings. The molecule has 0 bridgehead atoms. The second-order valence-corrected chi connectivity index (χ2v) is 6.25. The van der Waals surface area contributed by atoms with E-state index < -0.39 is 23.6 Å². The first-order valence-corrected chi connectivity index (χ1v) is 8.62. The summed E-state index contributed by atoms with van der Waals surface area (Å²) in [6.45, 7) is 2.15. The molecule has 0 saturated carbocycles. The van der Waals surface area contributed by atoms with Gasteiger partial charge >= 0.3 is 0 Å². The Balaban J connectivity index is 1.79. The molecule has 2 amide bonds. The Bertz CT molecular complexity index is 1010. The third kappa shape index (κ3) is 4.03. The van der Waals surface area contributed by atoms with Crippen molar-refractivity contribution in [2.24, 2.45) is 5.73 Å². The van der Waals surface area contributed by atoms with Crippen molar-refractivity contribution in [2.45, 2.75) is 25.9 Å². The molecule has 138 valence electrons. The SMILES string of the molecule is CCC(NC(=O)c1cncn1Cc1ccc2ccccc2c1)C(=O)C(N)=O. The zero-order valence-corrected chi connectivity index (χ0v) is 14.9. The highest BCUT2D eigenvalue weighted by Crippen LogP contribution is 2.17. The number of hydrogen-bond donors (Lipinski definition) is 2. The van der Waals surface area contributed by atoms with Gasteiger partial charge in [0.2, 0.25) is 5.78 Å². The fourth-order valence-electron chi connectivity index (χ4n) is 2.93. The number of nitrogens with zero attached hydrogens (tertiary/aromatic N) is 2. The van der Waals surface area contributed by atoms with Crippen molar-refractivity contribution in [2.75, 3.05) is 0 Å². The van der Waals surface area contributed by atoms with E-state index in [1.807, 2.05) is 36.4 Å². The highest BCUT2D eigenvalue weighted by molar-refractivity contribution is 6.37. The molecule has 1 aromatic heterocycles. The quantitative estimate of drug-likeness (QED) is 0.622. The highest BCUT2D eigenvalue weighted by atomic mass is 16.2. The van der Waals surface area contributed by atoms with Crippen LogP contribution < -0.4 is 11.1 Å². The molecule has 1 atom stereocenters. The summed E-state index contributed by atoms with van der Waals surface area (Å²) in [5.41, 5.74) is 6.35. The zero-order chi connectivity index (χ0) is 19.4. The minimum absolute atomic E-state index is 0.270. The number of primary amides is 1. The molecule has 0 radical (unpaired) electrons. The van der Waals surface area contributed by atoms with Crippen molar-refractivity contribution in [1.82, 2.24) is 14.9 Å². The van der Waals surface area contributed by atoms with Crippen LogP contribution in [0, 0.1) is 0 Å². The lowest BCUT2D eigenvalue weighted by Gasteiger charge is -2.15. The van der Waals surface area contributed by atoms with Crippen LogP contribution in [0.25, 0.3) is 10.8 Å². The third-order valence-electron chi connectivity index (χ3n) is 4.38. The number of nitrogens with one attached hydrogen (secondary N) is 1. The van der Waals surface area contributed by atoms with Crippen molar-refractivity contribution in [1.29, 1.82) is 0 Å². The lowest BCUT2D eigenvalue weighted by molar-refractivity contribution is -0.137. The summed E-state index contributed by atoms with van der Waals surface area (Å²) in [6, 6.07) is 13.2. The molecule has 27 heavy (non-hydrogen) atoms. The van der Waals surface area contributed by atoms with Gasteiger partial charge < -0.3 is 15.6 Å². The van der Waals surface area contributed by atoms with E-state index in [2.05, 4.69) is 16.4 Å². The van der Waals surface area contributed by atoms with Crippen molar-refractivity contribution in [3.05, 3.63) is 66.2 Å². The van der Waals surface area contributed by atoms with Gasteiger partial charge in [0.05, 0.1) is 18.6 Å². The van der Waals surface area contributed by atoms with Gasteiger partial charge in [0.15, 0.2) is 0 Å². The number of ketones is 1. The Labute approximate surface area is 156 Å². The molecule has 1 heterocycles. The van der Waals surface area contributed by atoms with E-state index in [1.54, 1.807) is 17.8 Å². The van der Waals surface area contributed by atoms with E-state index in [-0.39, 0.29) is 6.42 Å². The number of hydrogen-bond acceptors (Lipinski definition) is 4. The average Bonchev–Trinajstić information content (AvgIpc) is 3.13. The van der Waals surface area contributed by atoms with Gasteiger partial charge in [-0.2, -0.15) is 0 Å². The molecule has 1 unspecified atom stereocenters. The highest BCUT2D eigenvalue weighted by Gasteiger charge is 2.24. The van der Waals surface area contributed by atoms with Gasteiger partial charge in [0.25, 0.3) is 11.8 Å². The molecular weight excluding hydrogens is 344 g/mol. The zero-order valence-electron chi connectivity index (χ0n) is 14.9. The van der Waals surface area contributed by atoms with Crippen molar-refractivity contribution in [3.63, 3.8) is 0 Å². The number of nitrogens with two attached hydrogens (primary N) is 1. The number of carbonyl (C=O) groups is 3. The fraction of sp³-hybridized carbons (Fsp3) is 0.200. The number of rotatable bonds is 7. The van der Waals surface area contributed by atoms with E-state index in [0.29, 0.717) is 12.2 Å².